The normalized spacial score (nSPS) is 29.6. The first kappa shape index (κ1) is 10.3. The molecule has 1 heterocycles. The van der Waals surface area contributed by atoms with Gasteiger partial charge in [-0.25, -0.2) is 0 Å². The molecule has 1 aromatic rings. The number of rotatable bonds is 3. The summed E-state index contributed by atoms with van der Waals surface area (Å²) < 4.78 is 0. The van der Waals surface area contributed by atoms with Gasteiger partial charge in [-0.3, -0.25) is 0 Å². The summed E-state index contributed by atoms with van der Waals surface area (Å²) in [5, 5.41) is 3.70. The van der Waals surface area contributed by atoms with Crippen LogP contribution in [0.2, 0.25) is 0 Å². The van der Waals surface area contributed by atoms with E-state index in [1.54, 1.807) is 0 Å². The summed E-state index contributed by atoms with van der Waals surface area (Å²) in [5.41, 5.74) is 2.99. The van der Waals surface area contributed by atoms with E-state index in [4.69, 9.17) is 0 Å². The third-order valence-corrected chi connectivity index (χ3v) is 4.22. The van der Waals surface area contributed by atoms with Crippen LogP contribution >= 0.6 is 0 Å². The van der Waals surface area contributed by atoms with Gasteiger partial charge in [0.2, 0.25) is 0 Å². The average Bonchev–Trinajstić information content (AvgIpc) is 3.08. The predicted molar refractivity (Wildman–Crippen MR) is 67.7 cm³/mol. The lowest BCUT2D eigenvalue weighted by molar-refractivity contribution is 0.535. The van der Waals surface area contributed by atoms with Gasteiger partial charge in [0.25, 0.3) is 0 Å². The minimum Gasteiger partial charge on any atom is -0.313 e. The van der Waals surface area contributed by atoms with Crippen molar-refractivity contribution in [2.75, 3.05) is 6.54 Å². The molecule has 1 saturated heterocycles. The van der Waals surface area contributed by atoms with Crippen molar-refractivity contribution in [3.63, 3.8) is 0 Å². The second-order valence-electron chi connectivity index (χ2n) is 5.38. The average molecular weight is 215 g/mol. The summed E-state index contributed by atoms with van der Waals surface area (Å²) in [6.45, 7) is 3.40. The summed E-state index contributed by atoms with van der Waals surface area (Å²) in [6, 6.07) is 10.1. The summed E-state index contributed by atoms with van der Waals surface area (Å²) in [5.74, 6) is 1.76. The first-order valence-electron chi connectivity index (χ1n) is 6.69. The third-order valence-electron chi connectivity index (χ3n) is 4.22. The Morgan fingerprint density at radius 3 is 2.56 bits per heavy atom. The van der Waals surface area contributed by atoms with Gasteiger partial charge in [0.1, 0.15) is 0 Å². The van der Waals surface area contributed by atoms with Crippen LogP contribution in [0.3, 0.4) is 0 Å². The molecule has 0 amide bonds. The number of hydrogen-bond donors (Lipinski definition) is 1. The van der Waals surface area contributed by atoms with Crippen LogP contribution in [0, 0.1) is 5.92 Å². The Labute approximate surface area is 98.3 Å². The second-order valence-corrected chi connectivity index (χ2v) is 5.38. The second kappa shape index (κ2) is 4.21. The van der Waals surface area contributed by atoms with E-state index in [0.717, 1.165) is 24.3 Å². The molecule has 2 atom stereocenters. The lowest BCUT2D eigenvalue weighted by Crippen LogP contribution is -2.22. The SMILES string of the molecule is CCc1ccc(C2CNC(C3CC3)C2)cc1. The zero-order valence-electron chi connectivity index (χ0n) is 10.1. The van der Waals surface area contributed by atoms with Crippen LogP contribution in [0.15, 0.2) is 24.3 Å². The Balaban J connectivity index is 1.67. The minimum atomic E-state index is 0.761. The highest BCUT2D eigenvalue weighted by Gasteiger charge is 2.36. The molecule has 1 aromatic carbocycles. The van der Waals surface area contributed by atoms with Crippen molar-refractivity contribution >= 4 is 0 Å². The largest absolute Gasteiger partial charge is 0.313 e. The van der Waals surface area contributed by atoms with E-state index in [1.165, 1.54) is 36.9 Å². The van der Waals surface area contributed by atoms with Gasteiger partial charge < -0.3 is 5.32 Å². The summed E-state index contributed by atoms with van der Waals surface area (Å²) in [4.78, 5) is 0. The predicted octanol–water partition coefficient (Wildman–Crippen LogP) is 3.10. The number of nitrogens with one attached hydrogen (secondary N) is 1. The molecule has 0 aromatic heterocycles. The zero-order valence-corrected chi connectivity index (χ0v) is 10.1. The molecule has 0 spiro atoms. The van der Waals surface area contributed by atoms with E-state index >= 15 is 0 Å². The first-order chi connectivity index (χ1) is 7.86. The Morgan fingerprint density at radius 1 is 1.19 bits per heavy atom. The van der Waals surface area contributed by atoms with Gasteiger partial charge in [-0.1, -0.05) is 31.2 Å². The van der Waals surface area contributed by atoms with Crippen molar-refractivity contribution in [3.05, 3.63) is 35.4 Å². The fourth-order valence-corrected chi connectivity index (χ4v) is 2.90. The maximum Gasteiger partial charge on any atom is 0.0102 e. The molecule has 1 nitrogen and oxygen atoms in total. The van der Waals surface area contributed by atoms with Gasteiger partial charge in [-0.2, -0.15) is 0 Å². The van der Waals surface area contributed by atoms with Crippen LogP contribution in [-0.4, -0.2) is 12.6 Å². The van der Waals surface area contributed by atoms with Gasteiger partial charge in [-0.05, 0) is 48.6 Å². The smallest absolute Gasteiger partial charge is 0.0102 e. The fraction of sp³-hybridized carbons (Fsp3) is 0.600. The quantitative estimate of drug-likeness (QED) is 0.817. The topological polar surface area (TPSA) is 12.0 Å². The van der Waals surface area contributed by atoms with Crippen LogP contribution in [0.4, 0.5) is 0 Å². The van der Waals surface area contributed by atoms with Gasteiger partial charge in [0.05, 0.1) is 0 Å². The van der Waals surface area contributed by atoms with Crippen LogP contribution in [0.5, 0.6) is 0 Å². The van der Waals surface area contributed by atoms with Crippen molar-refractivity contribution in [3.8, 4) is 0 Å². The molecular weight excluding hydrogens is 194 g/mol. The molecular formula is C15H21N. The molecule has 1 aliphatic carbocycles. The number of hydrogen-bond acceptors (Lipinski definition) is 1. The fourth-order valence-electron chi connectivity index (χ4n) is 2.90. The summed E-state index contributed by atoms with van der Waals surface area (Å²) in [7, 11) is 0. The molecule has 1 saturated carbocycles. The lowest BCUT2D eigenvalue weighted by Gasteiger charge is -2.10. The molecule has 3 rings (SSSR count). The van der Waals surface area contributed by atoms with E-state index in [0.29, 0.717) is 0 Å². The van der Waals surface area contributed by atoms with Crippen LogP contribution in [-0.2, 0) is 6.42 Å². The van der Waals surface area contributed by atoms with E-state index in [9.17, 15) is 0 Å². The molecule has 16 heavy (non-hydrogen) atoms. The van der Waals surface area contributed by atoms with E-state index in [2.05, 4.69) is 36.5 Å². The molecule has 2 aliphatic rings. The van der Waals surface area contributed by atoms with Gasteiger partial charge >= 0.3 is 0 Å². The molecule has 2 unspecified atom stereocenters. The van der Waals surface area contributed by atoms with Crippen molar-refractivity contribution in [2.24, 2.45) is 5.92 Å². The van der Waals surface area contributed by atoms with Crippen molar-refractivity contribution in [1.82, 2.24) is 5.32 Å². The molecule has 0 bridgehead atoms. The highest BCUT2D eigenvalue weighted by Crippen LogP contribution is 2.39. The van der Waals surface area contributed by atoms with Crippen LogP contribution < -0.4 is 5.32 Å². The van der Waals surface area contributed by atoms with E-state index in [1.807, 2.05) is 0 Å². The van der Waals surface area contributed by atoms with Crippen molar-refractivity contribution in [2.45, 2.75) is 44.6 Å². The first-order valence-corrected chi connectivity index (χ1v) is 6.69. The molecule has 0 radical (unpaired) electrons. The van der Waals surface area contributed by atoms with Crippen molar-refractivity contribution < 1.29 is 0 Å². The third kappa shape index (κ3) is 2.01. The van der Waals surface area contributed by atoms with Gasteiger partial charge in [-0.15, -0.1) is 0 Å². The standard InChI is InChI=1S/C15H21N/c1-2-11-3-5-12(6-4-11)14-9-15(16-10-14)13-7-8-13/h3-6,13-16H,2,7-10H2,1H3. The Hall–Kier alpha value is -0.820. The Bertz CT molecular complexity index is 350. The maximum absolute atomic E-state index is 3.70. The monoisotopic (exact) mass is 215 g/mol. The number of benzene rings is 1. The van der Waals surface area contributed by atoms with Gasteiger partial charge in [0, 0.05) is 12.6 Å². The molecule has 2 fully saturated rings. The molecule has 1 N–H and O–H groups in total. The number of aryl methyl sites for hydroxylation is 1. The van der Waals surface area contributed by atoms with E-state index in [-0.39, 0.29) is 0 Å². The molecule has 1 heteroatoms. The van der Waals surface area contributed by atoms with E-state index < -0.39 is 0 Å². The van der Waals surface area contributed by atoms with Crippen LogP contribution in [0.1, 0.15) is 43.2 Å². The maximum atomic E-state index is 3.70. The van der Waals surface area contributed by atoms with Gasteiger partial charge in [0.15, 0.2) is 0 Å². The van der Waals surface area contributed by atoms with Crippen molar-refractivity contribution in [1.29, 1.82) is 0 Å². The Morgan fingerprint density at radius 2 is 1.94 bits per heavy atom. The summed E-state index contributed by atoms with van der Waals surface area (Å²) in [6.07, 6.45) is 5.42. The summed E-state index contributed by atoms with van der Waals surface area (Å²) >= 11 is 0. The highest BCUT2D eigenvalue weighted by molar-refractivity contribution is 5.27. The lowest BCUT2D eigenvalue weighted by atomic mass is 9.94. The zero-order chi connectivity index (χ0) is 11.0. The minimum absolute atomic E-state index is 0.761. The molecule has 1 aliphatic heterocycles. The molecule has 86 valence electrons. The van der Waals surface area contributed by atoms with Crippen LogP contribution in [0.25, 0.3) is 0 Å². The Kier molecular flexibility index (Phi) is 2.72. The highest BCUT2D eigenvalue weighted by atomic mass is 15.0.